The highest BCUT2D eigenvalue weighted by Gasteiger charge is 2.49. The summed E-state index contributed by atoms with van der Waals surface area (Å²) >= 11 is 0. The van der Waals surface area contributed by atoms with Crippen LogP contribution in [0.2, 0.25) is 0 Å². The summed E-state index contributed by atoms with van der Waals surface area (Å²) in [6.07, 6.45) is -3.79. The fourth-order valence-electron chi connectivity index (χ4n) is 7.73. The van der Waals surface area contributed by atoms with Gasteiger partial charge in [0.1, 0.15) is 49.3 Å². The number of hydrogen-bond donors (Lipinski definition) is 1. The van der Waals surface area contributed by atoms with Gasteiger partial charge in [-0.1, -0.05) is 182 Å². The minimum absolute atomic E-state index is 0.0806. The summed E-state index contributed by atoms with van der Waals surface area (Å²) < 4.78 is 47.3. The zero-order valence-corrected chi connectivity index (χ0v) is 35.5. The Hall–Kier alpha value is -6.59. The second-order valence-corrected chi connectivity index (χ2v) is 15.6. The SMILES string of the molecule is O=C(O)c1cc([C@@H]2O[C@H](COCc3ccccc3)[C@@H](OCc3ccccc3)[C@H](OCc3ccccc3)[C@H]2OCc2ccccc2)cc(OCc2ccccc2)c1OCc1ccccc1. The zero-order valence-electron chi connectivity index (χ0n) is 35.5. The predicted molar refractivity (Wildman–Crippen MR) is 244 cm³/mol. The Morgan fingerprint density at radius 3 is 1.30 bits per heavy atom. The Morgan fingerprint density at radius 1 is 0.453 bits per heavy atom. The van der Waals surface area contributed by atoms with Crippen molar-refractivity contribution in [2.75, 3.05) is 6.61 Å². The van der Waals surface area contributed by atoms with Gasteiger partial charge < -0.3 is 38.3 Å². The molecular formula is C55H52O9. The molecule has 7 aromatic rings. The lowest BCUT2D eigenvalue weighted by atomic mass is 9.89. The van der Waals surface area contributed by atoms with Crippen molar-refractivity contribution in [3.63, 3.8) is 0 Å². The second kappa shape index (κ2) is 22.7. The monoisotopic (exact) mass is 856 g/mol. The number of carboxylic acids is 1. The van der Waals surface area contributed by atoms with Crippen LogP contribution in [0.25, 0.3) is 0 Å². The van der Waals surface area contributed by atoms with Gasteiger partial charge in [-0.3, -0.25) is 0 Å². The molecule has 0 aromatic heterocycles. The topological polar surface area (TPSA) is 102 Å². The first-order chi connectivity index (χ1) is 31.6. The maximum atomic E-state index is 13.4. The minimum atomic E-state index is -1.18. The molecule has 0 saturated carbocycles. The average molecular weight is 857 g/mol. The van der Waals surface area contributed by atoms with Crippen LogP contribution in [-0.4, -0.2) is 42.1 Å². The van der Waals surface area contributed by atoms with Crippen molar-refractivity contribution in [1.29, 1.82) is 0 Å². The first-order valence-electron chi connectivity index (χ1n) is 21.6. The Kier molecular flexibility index (Phi) is 15.6. The lowest BCUT2D eigenvalue weighted by molar-refractivity contribution is -0.275. The number of ether oxygens (including phenoxy) is 7. The van der Waals surface area contributed by atoms with Gasteiger partial charge in [0, 0.05) is 0 Å². The van der Waals surface area contributed by atoms with Crippen molar-refractivity contribution < 1.29 is 43.1 Å². The third-order valence-corrected chi connectivity index (χ3v) is 11.0. The molecule has 0 amide bonds. The molecule has 0 radical (unpaired) electrons. The van der Waals surface area contributed by atoms with Crippen molar-refractivity contribution in [2.24, 2.45) is 0 Å². The molecule has 1 heterocycles. The fraction of sp³-hybridized carbons (Fsp3) is 0.218. The van der Waals surface area contributed by atoms with Crippen LogP contribution in [0.1, 0.15) is 55.4 Å². The Morgan fingerprint density at radius 2 is 0.844 bits per heavy atom. The van der Waals surface area contributed by atoms with E-state index in [1.54, 1.807) is 12.1 Å². The second-order valence-electron chi connectivity index (χ2n) is 15.6. The van der Waals surface area contributed by atoms with E-state index < -0.39 is 36.5 Å². The molecule has 0 bridgehead atoms. The van der Waals surface area contributed by atoms with Crippen LogP contribution in [0, 0.1) is 0 Å². The molecule has 0 aliphatic carbocycles. The van der Waals surface area contributed by atoms with Crippen molar-refractivity contribution in [1.82, 2.24) is 0 Å². The van der Waals surface area contributed by atoms with Gasteiger partial charge >= 0.3 is 5.97 Å². The maximum Gasteiger partial charge on any atom is 0.339 e. The molecule has 1 N–H and O–H groups in total. The van der Waals surface area contributed by atoms with E-state index in [4.69, 9.17) is 33.2 Å². The molecule has 64 heavy (non-hydrogen) atoms. The molecule has 7 aromatic carbocycles. The predicted octanol–water partition coefficient (Wildman–Crippen LogP) is 11.0. The Balaban J connectivity index is 1.22. The van der Waals surface area contributed by atoms with Crippen molar-refractivity contribution in [3.05, 3.63) is 239 Å². The quantitative estimate of drug-likeness (QED) is 0.0757. The summed E-state index contributed by atoms with van der Waals surface area (Å²) in [7, 11) is 0. The highest BCUT2D eigenvalue weighted by molar-refractivity contribution is 5.92. The number of rotatable bonds is 21. The summed E-state index contributed by atoms with van der Waals surface area (Å²) in [6, 6.07) is 62.5. The van der Waals surface area contributed by atoms with Crippen LogP contribution in [0.5, 0.6) is 11.5 Å². The van der Waals surface area contributed by atoms with E-state index in [2.05, 4.69) is 0 Å². The Bertz CT molecular complexity index is 2450. The number of aromatic carboxylic acids is 1. The van der Waals surface area contributed by atoms with Crippen molar-refractivity contribution in [3.8, 4) is 11.5 Å². The van der Waals surface area contributed by atoms with E-state index >= 15 is 0 Å². The molecule has 1 aliphatic heterocycles. The van der Waals surface area contributed by atoms with Crippen LogP contribution >= 0.6 is 0 Å². The molecule has 0 unspecified atom stereocenters. The summed E-state index contributed by atoms with van der Waals surface area (Å²) in [5.41, 5.74) is 6.11. The number of carbonyl (C=O) groups is 1. The molecule has 8 rings (SSSR count). The zero-order chi connectivity index (χ0) is 43.8. The highest BCUT2D eigenvalue weighted by atomic mass is 16.6. The standard InChI is InChI=1S/C55H52O9/c56-55(57)47-31-46(32-48(59-34-41-21-9-2-10-22-41)51(47)60-35-42-23-11-3-12-24-42)50-53(62-37-44-27-15-5-16-28-44)54(63-38-45-29-17-6-18-30-45)52(61-36-43-25-13-4-14-26-43)49(64-50)39-58-33-40-19-7-1-8-20-40/h1-32,49-50,52-54H,33-39H2,(H,56,57)/t49-,50+,52-,53+,54+/m1/s1. The molecule has 9 heteroatoms. The van der Waals surface area contributed by atoms with E-state index in [1.165, 1.54) is 0 Å². The molecule has 1 fully saturated rings. The summed E-state index contributed by atoms with van der Waals surface area (Å²) in [5, 5.41) is 10.9. The van der Waals surface area contributed by atoms with Crippen LogP contribution in [-0.2, 0) is 63.3 Å². The summed E-state index contributed by atoms with van der Waals surface area (Å²) in [5.74, 6) is -0.825. The van der Waals surface area contributed by atoms with Gasteiger partial charge in [0.05, 0.1) is 33.0 Å². The molecule has 326 valence electrons. The van der Waals surface area contributed by atoms with Gasteiger partial charge in [0.15, 0.2) is 11.5 Å². The van der Waals surface area contributed by atoms with Crippen LogP contribution < -0.4 is 9.47 Å². The van der Waals surface area contributed by atoms with E-state index in [0.717, 1.165) is 33.4 Å². The van der Waals surface area contributed by atoms with E-state index in [9.17, 15) is 9.90 Å². The largest absolute Gasteiger partial charge is 0.485 e. The first kappa shape index (κ1) is 44.0. The van der Waals surface area contributed by atoms with Crippen molar-refractivity contribution in [2.45, 2.75) is 70.2 Å². The van der Waals surface area contributed by atoms with Gasteiger partial charge in [-0.15, -0.1) is 0 Å². The van der Waals surface area contributed by atoms with E-state index in [1.807, 2.05) is 182 Å². The lowest BCUT2D eigenvalue weighted by Gasteiger charge is -2.46. The minimum Gasteiger partial charge on any atom is -0.485 e. The third-order valence-electron chi connectivity index (χ3n) is 11.0. The van der Waals surface area contributed by atoms with Gasteiger partial charge in [-0.2, -0.15) is 0 Å². The normalized spacial score (nSPS) is 18.3. The van der Waals surface area contributed by atoms with Crippen LogP contribution in [0.15, 0.2) is 194 Å². The summed E-state index contributed by atoms with van der Waals surface area (Å²) in [4.78, 5) is 13.4. The number of benzene rings is 7. The first-order valence-corrected chi connectivity index (χ1v) is 21.6. The smallest absolute Gasteiger partial charge is 0.339 e. The molecule has 5 atom stereocenters. The lowest BCUT2D eigenvalue weighted by Crippen LogP contribution is -2.58. The molecular weight excluding hydrogens is 805 g/mol. The van der Waals surface area contributed by atoms with Gasteiger partial charge in [-0.05, 0) is 51.1 Å². The summed E-state index contributed by atoms with van der Waals surface area (Å²) in [6.45, 7) is 1.53. The molecule has 0 spiro atoms. The molecule has 1 aliphatic rings. The Labute approximate surface area is 374 Å². The third kappa shape index (κ3) is 12.1. The average Bonchev–Trinajstić information content (AvgIpc) is 3.35. The molecule has 1 saturated heterocycles. The van der Waals surface area contributed by atoms with Gasteiger partial charge in [-0.25, -0.2) is 4.79 Å². The van der Waals surface area contributed by atoms with Crippen LogP contribution in [0.3, 0.4) is 0 Å². The van der Waals surface area contributed by atoms with Crippen LogP contribution in [0.4, 0.5) is 0 Å². The van der Waals surface area contributed by atoms with E-state index in [-0.39, 0.29) is 56.7 Å². The maximum absolute atomic E-state index is 13.4. The van der Waals surface area contributed by atoms with E-state index in [0.29, 0.717) is 12.2 Å². The highest BCUT2D eigenvalue weighted by Crippen LogP contribution is 2.43. The van der Waals surface area contributed by atoms with Gasteiger partial charge in [0.2, 0.25) is 0 Å². The fourth-order valence-corrected chi connectivity index (χ4v) is 7.73. The van der Waals surface area contributed by atoms with Crippen molar-refractivity contribution >= 4 is 5.97 Å². The number of hydrogen-bond acceptors (Lipinski definition) is 8. The number of carboxylic acid groups (broad SMARTS) is 1. The molecule has 9 nitrogen and oxygen atoms in total. The van der Waals surface area contributed by atoms with Gasteiger partial charge in [0.25, 0.3) is 0 Å².